The average Bonchev–Trinajstić information content (AvgIpc) is 3.11. The van der Waals surface area contributed by atoms with E-state index in [4.69, 9.17) is 9.15 Å². The Morgan fingerprint density at radius 2 is 2.08 bits per heavy atom. The maximum atomic E-state index is 5.44. The molecule has 0 atom stereocenters. The molecule has 0 saturated heterocycles. The second-order valence-electron chi connectivity index (χ2n) is 6.02. The van der Waals surface area contributed by atoms with Gasteiger partial charge in [-0.15, -0.1) is 0 Å². The van der Waals surface area contributed by atoms with E-state index in [2.05, 4.69) is 27.9 Å². The second kappa shape index (κ2) is 9.57. The fourth-order valence-corrected chi connectivity index (χ4v) is 2.44. The number of nitrogens with one attached hydrogen (secondary N) is 1. The van der Waals surface area contributed by atoms with E-state index in [0.717, 1.165) is 41.6 Å². The zero-order chi connectivity index (χ0) is 18.1. The Kier molecular flexibility index (Phi) is 7.14. The lowest BCUT2D eigenvalue weighted by Crippen LogP contribution is -2.39. The first kappa shape index (κ1) is 18.6. The molecule has 1 N–H and O–H groups in total. The van der Waals surface area contributed by atoms with Crippen molar-refractivity contribution < 1.29 is 9.15 Å². The minimum atomic E-state index is 0.597. The topological polar surface area (TPSA) is 50.0 Å². The number of hydrogen-bond acceptors (Lipinski definition) is 3. The molecule has 134 valence electrons. The minimum Gasteiger partial charge on any atom is -0.496 e. The fourth-order valence-electron chi connectivity index (χ4n) is 2.44. The number of aliphatic imine (C=N–C) groups is 1. The van der Waals surface area contributed by atoms with Crippen LogP contribution in [0.4, 0.5) is 0 Å². The van der Waals surface area contributed by atoms with E-state index in [0.29, 0.717) is 13.1 Å². The smallest absolute Gasteiger partial charge is 0.194 e. The van der Waals surface area contributed by atoms with Crippen LogP contribution in [0.3, 0.4) is 0 Å². The van der Waals surface area contributed by atoms with Gasteiger partial charge in [-0.1, -0.05) is 30.4 Å². The van der Waals surface area contributed by atoms with Crippen molar-refractivity contribution in [1.82, 2.24) is 10.2 Å². The Morgan fingerprint density at radius 3 is 2.76 bits per heavy atom. The summed E-state index contributed by atoms with van der Waals surface area (Å²) in [6.45, 7) is 7.95. The number of rotatable bonds is 8. The quantitative estimate of drug-likeness (QED) is 0.454. The van der Waals surface area contributed by atoms with Crippen molar-refractivity contribution in [3.8, 4) is 5.75 Å². The van der Waals surface area contributed by atoms with Crippen LogP contribution >= 0.6 is 0 Å². The van der Waals surface area contributed by atoms with E-state index in [-0.39, 0.29) is 0 Å². The number of ether oxygens (including phenoxy) is 1. The van der Waals surface area contributed by atoms with E-state index in [9.17, 15) is 0 Å². The van der Waals surface area contributed by atoms with Gasteiger partial charge in [0.05, 0.1) is 19.9 Å². The Morgan fingerprint density at radius 1 is 1.28 bits per heavy atom. The zero-order valence-corrected chi connectivity index (χ0v) is 15.3. The summed E-state index contributed by atoms with van der Waals surface area (Å²) in [5.41, 5.74) is 2.14. The third-order valence-corrected chi connectivity index (χ3v) is 3.69. The van der Waals surface area contributed by atoms with Gasteiger partial charge in [0.15, 0.2) is 5.96 Å². The molecule has 1 aromatic carbocycles. The molecule has 0 spiro atoms. The van der Waals surface area contributed by atoms with Crippen LogP contribution < -0.4 is 10.1 Å². The third kappa shape index (κ3) is 6.03. The van der Waals surface area contributed by atoms with Crippen molar-refractivity contribution >= 4 is 5.96 Å². The molecule has 5 heteroatoms. The van der Waals surface area contributed by atoms with Gasteiger partial charge in [-0.3, -0.25) is 0 Å². The van der Waals surface area contributed by atoms with Gasteiger partial charge in [-0.2, -0.15) is 0 Å². The van der Waals surface area contributed by atoms with Gasteiger partial charge in [-0.25, -0.2) is 4.99 Å². The Labute approximate surface area is 150 Å². The van der Waals surface area contributed by atoms with Gasteiger partial charge in [0.25, 0.3) is 0 Å². The molecule has 5 nitrogen and oxygen atoms in total. The summed E-state index contributed by atoms with van der Waals surface area (Å²) in [6.07, 6.45) is 2.50. The summed E-state index contributed by atoms with van der Waals surface area (Å²) in [4.78, 5) is 6.74. The number of methoxy groups -OCH3 is 1. The van der Waals surface area contributed by atoms with Crippen molar-refractivity contribution in [2.75, 3.05) is 27.2 Å². The second-order valence-corrected chi connectivity index (χ2v) is 6.02. The molecule has 0 unspecified atom stereocenters. The molecule has 2 aromatic rings. The molecular weight excluding hydrogens is 314 g/mol. The van der Waals surface area contributed by atoms with Gasteiger partial charge in [0.1, 0.15) is 11.5 Å². The van der Waals surface area contributed by atoms with E-state index in [1.165, 1.54) is 0 Å². The lowest BCUT2D eigenvalue weighted by molar-refractivity contribution is 0.395. The van der Waals surface area contributed by atoms with E-state index in [1.807, 2.05) is 44.3 Å². The van der Waals surface area contributed by atoms with Crippen LogP contribution in [0, 0.1) is 0 Å². The standard InChI is InChI=1S/C20H27N3O2/c1-16(2)14-22-20(21-12-11-18-9-7-13-25-18)23(3)15-17-8-5-6-10-19(17)24-4/h5-10,13H,1,11-12,14-15H2,2-4H3,(H,21,22). The van der Waals surface area contributed by atoms with Gasteiger partial charge in [-0.05, 0) is 25.1 Å². The Bertz CT molecular complexity index is 693. The molecule has 0 aliphatic carbocycles. The largest absolute Gasteiger partial charge is 0.496 e. The highest BCUT2D eigenvalue weighted by atomic mass is 16.5. The van der Waals surface area contributed by atoms with E-state index >= 15 is 0 Å². The van der Waals surface area contributed by atoms with E-state index in [1.54, 1.807) is 13.4 Å². The molecule has 0 amide bonds. The van der Waals surface area contributed by atoms with Gasteiger partial charge in [0, 0.05) is 32.1 Å². The van der Waals surface area contributed by atoms with Crippen LogP contribution in [-0.2, 0) is 13.0 Å². The maximum absolute atomic E-state index is 5.44. The zero-order valence-electron chi connectivity index (χ0n) is 15.3. The highest BCUT2D eigenvalue weighted by Crippen LogP contribution is 2.18. The number of para-hydroxylation sites is 1. The fraction of sp³-hybridized carbons (Fsp3) is 0.350. The molecule has 0 fully saturated rings. The molecular formula is C20H27N3O2. The molecule has 25 heavy (non-hydrogen) atoms. The summed E-state index contributed by atoms with van der Waals surface area (Å²) in [6, 6.07) is 11.9. The molecule has 0 aliphatic rings. The van der Waals surface area contributed by atoms with Crippen LogP contribution in [0.25, 0.3) is 0 Å². The van der Waals surface area contributed by atoms with Crippen molar-refractivity contribution in [2.45, 2.75) is 19.9 Å². The summed E-state index contributed by atoms with van der Waals surface area (Å²) < 4.78 is 10.8. The first-order chi connectivity index (χ1) is 12.1. The van der Waals surface area contributed by atoms with Crippen molar-refractivity contribution in [3.63, 3.8) is 0 Å². The van der Waals surface area contributed by atoms with Crippen LogP contribution in [0.2, 0.25) is 0 Å². The summed E-state index contributed by atoms with van der Waals surface area (Å²) in [5, 5.41) is 3.40. The molecule has 0 aliphatic heterocycles. The molecule has 1 aromatic heterocycles. The lowest BCUT2D eigenvalue weighted by atomic mass is 10.2. The predicted molar refractivity (Wildman–Crippen MR) is 102 cm³/mol. The average molecular weight is 341 g/mol. The Hall–Kier alpha value is -2.69. The van der Waals surface area contributed by atoms with Gasteiger partial charge >= 0.3 is 0 Å². The molecule has 2 rings (SSSR count). The molecule has 0 bridgehead atoms. The summed E-state index contributed by atoms with van der Waals surface area (Å²) in [7, 11) is 3.71. The summed E-state index contributed by atoms with van der Waals surface area (Å²) >= 11 is 0. The number of guanidine groups is 1. The van der Waals surface area contributed by atoms with Gasteiger partial charge in [0.2, 0.25) is 0 Å². The van der Waals surface area contributed by atoms with Crippen LogP contribution in [-0.4, -0.2) is 38.1 Å². The van der Waals surface area contributed by atoms with Crippen molar-refractivity contribution in [1.29, 1.82) is 0 Å². The lowest BCUT2D eigenvalue weighted by Gasteiger charge is -2.23. The third-order valence-electron chi connectivity index (χ3n) is 3.69. The van der Waals surface area contributed by atoms with Crippen LogP contribution in [0.5, 0.6) is 5.75 Å². The number of nitrogens with zero attached hydrogens (tertiary/aromatic N) is 2. The SMILES string of the molecule is C=C(C)CN=C(NCCc1ccco1)N(C)Cc1ccccc1OC. The Balaban J connectivity index is 2.02. The molecule has 0 radical (unpaired) electrons. The van der Waals surface area contributed by atoms with Crippen molar-refractivity contribution in [2.24, 2.45) is 4.99 Å². The van der Waals surface area contributed by atoms with E-state index < -0.39 is 0 Å². The van der Waals surface area contributed by atoms with Gasteiger partial charge < -0.3 is 19.4 Å². The summed E-state index contributed by atoms with van der Waals surface area (Å²) in [5.74, 6) is 2.67. The number of furan rings is 1. The predicted octanol–water partition coefficient (Wildman–Crippen LogP) is 3.48. The first-order valence-electron chi connectivity index (χ1n) is 8.38. The number of hydrogen-bond donors (Lipinski definition) is 1. The highest BCUT2D eigenvalue weighted by molar-refractivity contribution is 5.80. The first-order valence-corrected chi connectivity index (χ1v) is 8.38. The molecule has 0 saturated carbocycles. The molecule has 1 heterocycles. The highest BCUT2D eigenvalue weighted by Gasteiger charge is 2.10. The monoisotopic (exact) mass is 341 g/mol. The van der Waals surface area contributed by atoms with Crippen molar-refractivity contribution in [3.05, 3.63) is 66.1 Å². The minimum absolute atomic E-state index is 0.597. The van der Waals surface area contributed by atoms with Crippen LogP contribution in [0.1, 0.15) is 18.2 Å². The normalized spacial score (nSPS) is 11.2. The maximum Gasteiger partial charge on any atom is 0.194 e. The number of benzene rings is 1. The van der Waals surface area contributed by atoms with Crippen LogP contribution in [0.15, 0.2) is 64.2 Å².